The second-order valence-electron chi connectivity index (χ2n) is 8.86. The second-order valence-corrected chi connectivity index (χ2v) is 8.86. The minimum Gasteiger partial charge on any atom is -0.371 e. The Kier molecular flexibility index (Phi) is 7.62. The molecular weight excluding hydrogens is 467 g/mol. The summed E-state index contributed by atoms with van der Waals surface area (Å²) in [4.78, 5) is 28.5. The van der Waals surface area contributed by atoms with Crippen molar-refractivity contribution < 1.29 is 22.8 Å². The third-order valence-corrected chi connectivity index (χ3v) is 6.61. The summed E-state index contributed by atoms with van der Waals surface area (Å²) >= 11 is 0. The molecule has 0 bridgehead atoms. The molecule has 5 nitrogen and oxygen atoms in total. The lowest BCUT2D eigenvalue weighted by Gasteiger charge is -2.38. The third-order valence-electron chi connectivity index (χ3n) is 6.61. The molecule has 2 amide bonds. The number of halogens is 3. The van der Waals surface area contributed by atoms with Gasteiger partial charge in [-0.3, -0.25) is 9.59 Å². The van der Waals surface area contributed by atoms with Gasteiger partial charge in [0.1, 0.15) is 0 Å². The number of carbonyl (C=O) groups excluding carboxylic acids is 2. The van der Waals surface area contributed by atoms with Crippen LogP contribution in [-0.4, -0.2) is 49.4 Å². The van der Waals surface area contributed by atoms with Crippen LogP contribution in [0.4, 0.5) is 18.9 Å². The van der Waals surface area contributed by atoms with Crippen molar-refractivity contribution in [1.29, 1.82) is 0 Å². The minimum atomic E-state index is -4.43. The molecule has 1 N–H and O–H groups in total. The number of hydrogen-bond donors (Lipinski definition) is 1. The van der Waals surface area contributed by atoms with E-state index < -0.39 is 11.7 Å². The number of amides is 2. The van der Waals surface area contributed by atoms with Crippen LogP contribution in [0.15, 0.2) is 78.9 Å². The van der Waals surface area contributed by atoms with Gasteiger partial charge in [0.25, 0.3) is 5.91 Å². The molecule has 3 aromatic rings. The van der Waals surface area contributed by atoms with E-state index in [1.165, 1.54) is 12.1 Å². The van der Waals surface area contributed by atoms with Crippen molar-refractivity contribution in [3.63, 3.8) is 0 Å². The van der Waals surface area contributed by atoms with E-state index in [0.29, 0.717) is 31.5 Å². The Labute approximate surface area is 208 Å². The van der Waals surface area contributed by atoms with E-state index in [9.17, 15) is 22.8 Å². The lowest BCUT2D eigenvalue weighted by atomic mass is 10.0. The van der Waals surface area contributed by atoms with Crippen LogP contribution in [-0.2, 0) is 11.0 Å². The van der Waals surface area contributed by atoms with Gasteiger partial charge in [-0.1, -0.05) is 54.6 Å². The Morgan fingerprint density at radius 3 is 2.11 bits per heavy atom. The second kappa shape index (κ2) is 10.8. The standard InChI is InChI=1S/C28H28F3N3O2/c1-33(25-10-6-5-9-24(25)28(29,30)31)23-15-17-34(18-16-23)26(35)19-32-27(36)22-13-11-21(12-14-22)20-7-3-2-4-8-20/h2-14,23H,15-19H2,1H3,(H,32,36). The molecule has 3 aromatic carbocycles. The molecule has 0 radical (unpaired) electrons. The Hall–Kier alpha value is -3.81. The van der Waals surface area contributed by atoms with Gasteiger partial charge in [-0.25, -0.2) is 0 Å². The molecule has 0 atom stereocenters. The summed E-state index contributed by atoms with van der Waals surface area (Å²) in [6.07, 6.45) is -3.34. The van der Waals surface area contributed by atoms with E-state index in [1.54, 1.807) is 35.0 Å². The Morgan fingerprint density at radius 2 is 1.47 bits per heavy atom. The smallest absolute Gasteiger partial charge is 0.371 e. The summed E-state index contributed by atoms with van der Waals surface area (Å²) < 4.78 is 40.2. The van der Waals surface area contributed by atoms with Crippen LogP contribution in [0.25, 0.3) is 11.1 Å². The first-order valence-electron chi connectivity index (χ1n) is 11.8. The number of likely N-dealkylation sites (tertiary alicyclic amines) is 1. The van der Waals surface area contributed by atoms with E-state index in [0.717, 1.165) is 17.2 Å². The number of nitrogens with one attached hydrogen (secondary N) is 1. The maximum Gasteiger partial charge on any atom is 0.418 e. The number of benzene rings is 3. The first-order chi connectivity index (χ1) is 17.2. The molecule has 188 valence electrons. The minimum absolute atomic E-state index is 0.115. The average Bonchev–Trinajstić information content (AvgIpc) is 2.91. The van der Waals surface area contributed by atoms with Crippen LogP contribution in [0.1, 0.15) is 28.8 Å². The SMILES string of the molecule is CN(c1ccccc1C(F)(F)F)C1CCN(C(=O)CNC(=O)c2ccc(-c3ccccc3)cc2)CC1. The molecule has 1 aliphatic heterocycles. The predicted molar refractivity (Wildman–Crippen MR) is 134 cm³/mol. The molecule has 0 spiro atoms. The third kappa shape index (κ3) is 5.87. The molecule has 0 saturated carbocycles. The highest BCUT2D eigenvalue weighted by Gasteiger charge is 2.35. The number of anilines is 1. The van der Waals surface area contributed by atoms with Gasteiger partial charge in [-0.05, 0) is 48.2 Å². The van der Waals surface area contributed by atoms with Crippen molar-refractivity contribution in [1.82, 2.24) is 10.2 Å². The van der Waals surface area contributed by atoms with Crippen LogP contribution < -0.4 is 10.2 Å². The summed E-state index contributed by atoms with van der Waals surface area (Å²) in [7, 11) is 1.66. The number of rotatable bonds is 6. The molecular formula is C28H28F3N3O2. The quantitative estimate of drug-likeness (QED) is 0.510. The monoisotopic (exact) mass is 495 g/mol. The zero-order chi connectivity index (χ0) is 25.7. The van der Waals surface area contributed by atoms with Crippen molar-refractivity contribution >= 4 is 17.5 Å². The van der Waals surface area contributed by atoms with E-state index in [-0.39, 0.29) is 30.1 Å². The lowest BCUT2D eigenvalue weighted by molar-refractivity contribution is -0.137. The van der Waals surface area contributed by atoms with E-state index in [1.807, 2.05) is 42.5 Å². The van der Waals surface area contributed by atoms with E-state index >= 15 is 0 Å². The fraction of sp³-hybridized carbons (Fsp3) is 0.286. The van der Waals surface area contributed by atoms with Crippen LogP contribution in [0.2, 0.25) is 0 Å². The first kappa shape index (κ1) is 25.3. The van der Waals surface area contributed by atoms with Gasteiger partial charge < -0.3 is 15.1 Å². The molecule has 0 aliphatic carbocycles. The molecule has 1 heterocycles. The summed E-state index contributed by atoms with van der Waals surface area (Å²) in [5.74, 6) is -0.539. The first-order valence-corrected chi connectivity index (χ1v) is 11.8. The zero-order valence-corrected chi connectivity index (χ0v) is 20.0. The normalized spacial score (nSPS) is 14.4. The number of piperidine rings is 1. The number of hydrogen-bond acceptors (Lipinski definition) is 3. The van der Waals surface area contributed by atoms with Crippen molar-refractivity contribution in [2.24, 2.45) is 0 Å². The topological polar surface area (TPSA) is 52.6 Å². The van der Waals surface area contributed by atoms with Crippen molar-refractivity contribution in [3.8, 4) is 11.1 Å². The van der Waals surface area contributed by atoms with Gasteiger partial charge >= 0.3 is 6.18 Å². The number of para-hydroxylation sites is 1. The largest absolute Gasteiger partial charge is 0.418 e. The molecule has 36 heavy (non-hydrogen) atoms. The Morgan fingerprint density at radius 1 is 0.889 bits per heavy atom. The van der Waals surface area contributed by atoms with Crippen LogP contribution >= 0.6 is 0 Å². The molecule has 1 saturated heterocycles. The maximum absolute atomic E-state index is 13.4. The highest BCUT2D eigenvalue weighted by atomic mass is 19.4. The van der Waals surface area contributed by atoms with E-state index in [4.69, 9.17) is 0 Å². The van der Waals surface area contributed by atoms with Crippen LogP contribution in [0.5, 0.6) is 0 Å². The molecule has 8 heteroatoms. The van der Waals surface area contributed by atoms with Crippen molar-refractivity contribution in [3.05, 3.63) is 90.0 Å². The number of nitrogens with zero attached hydrogens (tertiary/aromatic N) is 2. The van der Waals surface area contributed by atoms with Gasteiger partial charge in [-0.2, -0.15) is 13.2 Å². The average molecular weight is 496 g/mol. The Bertz CT molecular complexity index is 1190. The van der Waals surface area contributed by atoms with Gasteiger partial charge in [0.05, 0.1) is 12.1 Å². The van der Waals surface area contributed by atoms with Crippen LogP contribution in [0, 0.1) is 0 Å². The summed E-state index contributed by atoms with van der Waals surface area (Å²) in [5, 5.41) is 2.67. The lowest BCUT2D eigenvalue weighted by Crippen LogP contribution is -2.48. The molecule has 1 aliphatic rings. The number of carbonyl (C=O) groups is 2. The highest BCUT2D eigenvalue weighted by Crippen LogP contribution is 2.37. The summed E-state index contributed by atoms with van der Waals surface area (Å²) in [6.45, 7) is 0.712. The summed E-state index contributed by atoms with van der Waals surface area (Å²) in [5.41, 5.74) is 1.99. The molecule has 0 unspecified atom stereocenters. The van der Waals surface area contributed by atoms with Gasteiger partial charge in [-0.15, -0.1) is 0 Å². The highest BCUT2D eigenvalue weighted by molar-refractivity contribution is 5.96. The van der Waals surface area contributed by atoms with Crippen LogP contribution in [0.3, 0.4) is 0 Å². The van der Waals surface area contributed by atoms with Crippen molar-refractivity contribution in [2.45, 2.75) is 25.1 Å². The van der Waals surface area contributed by atoms with Crippen molar-refractivity contribution in [2.75, 3.05) is 31.6 Å². The number of alkyl halides is 3. The maximum atomic E-state index is 13.4. The Balaban J connectivity index is 1.28. The molecule has 1 fully saturated rings. The van der Waals surface area contributed by atoms with Gasteiger partial charge in [0, 0.05) is 37.4 Å². The summed E-state index contributed by atoms with van der Waals surface area (Å²) in [6, 6.07) is 22.4. The fourth-order valence-electron chi connectivity index (χ4n) is 4.53. The fourth-order valence-corrected chi connectivity index (χ4v) is 4.53. The van der Waals surface area contributed by atoms with Gasteiger partial charge in [0.15, 0.2) is 0 Å². The molecule has 4 rings (SSSR count). The molecule has 0 aromatic heterocycles. The van der Waals surface area contributed by atoms with Gasteiger partial charge in [0.2, 0.25) is 5.91 Å². The van der Waals surface area contributed by atoms with E-state index in [2.05, 4.69) is 5.32 Å². The predicted octanol–water partition coefficient (Wildman–Crippen LogP) is 5.23. The zero-order valence-electron chi connectivity index (χ0n) is 20.0.